The monoisotopic (exact) mass is 287 g/mol. The molecule has 0 spiro atoms. The van der Waals surface area contributed by atoms with E-state index in [1.54, 1.807) is 0 Å². The number of nitrogens with one attached hydrogen (secondary N) is 1. The van der Waals surface area contributed by atoms with Crippen molar-refractivity contribution in [2.75, 3.05) is 6.54 Å². The highest BCUT2D eigenvalue weighted by Crippen LogP contribution is 2.25. The van der Waals surface area contributed by atoms with Crippen LogP contribution in [0.4, 0.5) is 0 Å². The van der Waals surface area contributed by atoms with Crippen molar-refractivity contribution >= 4 is 0 Å². The molecule has 0 aliphatic carbocycles. The first-order valence-corrected chi connectivity index (χ1v) is 7.95. The molecule has 1 unspecified atom stereocenters. The summed E-state index contributed by atoms with van der Waals surface area (Å²) in [7, 11) is 0. The molecule has 1 N–H and O–H groups in total. The Bertz CT molecular complexity index is 610. The fraction of sp³-hybridized carbons (Fsp3) is 0.625. The molecule has 5 heteroatoms. The third-order valence-electron chi connectivity index (χ3n) is 4.59. The first-order chi connectivity index (χ1) is 10.2. The zero-order valence-electron chi connectivity index (χ0n) is 13.3. The van der Waals surface area contributed by atoms with E-state index in [1.165, 1.54) is 29.9 Å². The van der Waals surface area contributed by atoms with E-state index in [0.717, 1.165) is 31.9 Å². The van der Waals surface area contributed by atoms with E-state index in [0.29, 0.717) is 5.92 Å². The lowest BCUT2D eigenvalue weighted by Gasteiger charge is -2.23. The normalized spacial score (nSPS) is 18.0. The maximum atomic E-state index is 4.58. The molecule has 21 heavy (non-hydrogen) atoms. The summed E-state index contributed by atoms with van der Waals surface area (Å²) in [6, 6.07) is 0. The zero-order chi connectivity index (χ0) is 14.8. The van der Waals surface area contributed by atoms with Gasteiger partial charge in [0.05, 0.1) is 5.69 Å². The molecule has 0 saturated heterocycles. The third-order valence-corrected chi connectivity index (χ3v) is 4.59. The predicted octanol–water partition coefficient (Wildman–Crippen LogP) is 2.38. The molecule has 1 atom stereocenters. The smallest absolute Gasteiger partial charge is 0.113 e. The van der Waals surface area contributed by atoms with Crippen LogP contribution >= 0.6 is 0 Å². The molecule has 1 aliphatic heterocycles. The van der Waals surface area contributed by atoms with Crippen LogP contribution in [0.1, 0.15) is 48.5 Å². The van der Waals surface area contributed by atoms with E-state index >= 15 is 0 Å². The summed E-state index contributed by atoms with van der Waals surface area (Å²) in [5.41, 5.74) is 3.77. The van der Waals surface area contributed by atoms with Gasteiger partial charge in [-0.3, -0.25) is 4.68 Å². The van der Waals surface area contributed by atoms with Crippen LogP contribution in [0.15, 0.2) is 12.4 Å². The van der Waals surface area contributed by atoms with Crippen molar-refractivity contribution in [2.45, 2.75) is 59.2 Å². The van der Waals surface area contributed by atoms with Gasteiger partial charge in [-0.1, -0.05) is 0 Å². The van der Waals surface area contributed by atoms with Gasteiger partial charge in [-0.25, -0.2) is 4.98 Å². The summed E-state index contributed by atoms with van der Waals surface area (Å²) >= 11 is 0. The van der Waals surface area contributed by atoms with Crippen LogP contribution in [-0.4, -0.2) is 25.9 Å². The fourth-order valence-electron chi connectivity index (χ4n) is 3.37. The van der Waals surface area contributed by atoms with E-state index in [4.69, 9.17) is 0 Å². The largest absolute Gasteiger partial charge is 0.335 e. The molecule has 2 aromatic heterocycles. The maximum absolute atomic E-state index is 4.58. The minimum absolute atomic E-state index is 0.538. The molecule has 0 aromatic carbocycles. The second-order valence-corrected chi connectivity index (χ2v) is 5.91. The van der Waals surface area contributed by atoms with E-state index in [9.17, 15) is 0 Å². The van der Waals surface area contributed by atoms with E-state index in [1.807, 2.05) is 6.20 Å². The molecule has 3 heterocycles. The number of rotatable bonds is 5. The van der Waals surface area contributed by atoms with Gasteiger partial charge in [0.2, 0.25) is 0 Å². The minimum atomic E-state index is 0.538. The number of nitrogens with zero attached hydrogens (tertiary/aromatic N) is 4. The Balaban J connectivity index is 1.62. The summed E-state index contributed by atoms with van der Waals surface area (Å²) in [5, 5.41) is 8.20. The highest BCUT2D eigenvalue weighted by Gasteiger charge is 2.21. The standard InChI is InChI=1S/C16H25N5/c1-4-21-13(3)15(12(2)19-21)11-17-10-14-6-5-8-20-9-7-18-16(14)20/h7,9,14,17H,4-6,8,10-11H2,1-3H3. The van der Waals surface area contributed by atoms with Crippen LogP contribution in [0.3, 0.4) is 0 Å². The summed E-state index contributed by atoms with van der Waals surface area (Å²) in [4.78, 5) is 4.52. The van der Waals surface area contributed by atoms with Gasteiger partial charge in [0.15, 0.2) is 0 Å². The van der Waals surface area contributed by atoms with Crippen molar-refractivity contribution in [3.63, 3.8) is 0 Å². The van der Waals surface area contributed by atoms with Crippen LogP contribution in [0, 0.1) is 13.8 Å². The Hall–Kier alpha value is -1.62. The lowest BCUT2D eigenvalue weighted by Crippen LogP contribution is -2.26. The van der Waals surface area contributed by atoms with Crippen LogP contribution in [-0.2, 0) is 19.6 Å². The molecule has 0 bridgehead atoms. The lowest BCUT2D eigenvalue weighted by molar-refractivity contribution is 0.422. The van der Waals surface area contributed by atoms with Gasteiger partial charge in [-0.05, 0) is 33.6 Å². The Morgan fingerprint density at radius 3 is 3.00 bits per heavy atom. The molecule has 0 radical (unpaired) electrons. The van der Waals surface area contributed by atoms with Crippen LogP contribution in [0.2, 0.25) is 0 Å². The average molecular weight is 287 g/mol. The van der Waals surface area contributed by atoms with Crippen LogP contribution < -0.4 is 5.32 Å². The number of aryl methyl sites for hydroxylation is 3. The number of fused-ring (bicyclic) bond motifs is 1. The summed E-state index contributed by atoms with van der Waals surface area (Å²) < 4.78 is 4.38. The lowest BCUT2D eigenvalue weighted by atomic mass is 9.99. The van der Waals surface area contributed by atoms with Crippen molar-refractivity contribution < 1.29 is 0 Å². The molecule has 5 nitrogen and oxygen atoms in total. The number of aromatic nitrogens is 4. The average Bonchev–Trinajstić information content (AvgIpc) is 3.06. The van der Waals surface area contributed by atoms with Gasteiger partial charge in [-0.2, -0.15) is 5.10 Å². The molecule has 0 saturated carbocycles. The quantitative estimate of drug-likeness (QED) is 0.918. The third kappa shape index (κ3) is 2.75. The van der Waals surface area contributed by atoms with Gasteiger partial charge in [-0.15, -0.1) is 0 Å². The second kappa shape index (κ2) is 6.02. The van der Waals surface area contributed by atoms with Crippen molar-refractivity contribution in [1.29, 1.82) is 0 Å². The van der Waals surface area contributed by atoms with Gasteiger partial charge >= 0.3 is 0 Å². The second-order valence-electron chi connectivity index (χ2n) is 5.91. The molecule has 2 aromatic rings. The Labute approximate surface area is 126 Å². The Morgan fingerprint density at radius 1 is 1.38 bits per heavy atom. The first-order valence-electron chi connectivity index (χ1n) is 7.95. The van der Waals surface area contributed by atoms with Crippen LogP contribution in [0.25, 0.3) is 0 Å². The fourth-order valence-corrected chi connectivity index (χ4v) is 3.37. The summed E-state index contributed by atoms with van der Waals surface area (Å²) in [6.07, 6.45) is 6.51. The van der Waals surface area contributed by atoms with Gasteiger partial charge in [0.1, 0.15) is 5.82 Å². The molecule has 3 rings (SSSR count). The topological polar surface area (TPSA) is 47.7 Å². The van der Waals surface area contributed by atoms with Crippen molar-refractivity contribution in [2.24, 2.45) is 0 Å². The van der Waals surface area contributed by atoms with E-state index < -0.39 is 0 Å². The highest BCUT2D eigenvalue weighted by atomic mass is 15.3. The first kappa shape index (κ1) is 14.3. The van der Waals surface area contributed by atoms with Crippen molar-refractivity contribution in [3.8, 4) is 0 Å². The highest BCUT2D eigenvalue weighted by molar-refractivity contribution is 5.24. The van der Waals surface area contributed by atoms with Gasteiger partial charge in [0, 0.05) is 55.7 Å². The summed E-state index contributed by atoms with van der Waals surface area (Å²) in [6.45, 7) is 10.3. The molecule has 114 valence electrons. The number of hydrogen-bond donors (Lipinski definition) is 1. The maximum Gasteiger partial charge on any atom is 0.113 e. The van der Waals surface area contributed by atoms with Gasteiger partial charge in [0.25, 0.3) is 0 Å². The number of hydrogen-bond acceptors (Lipinski definition) is 3. The minimum Gasteiger partial charge on any atom is -0.335 e. The molecule has 1 aliphatic rings. The Kier molecular flexibility index (Phi) is 4.10. The summed E-state index contributed by atoms with van der Waals surface area (Å²) in [5.74, 6) is 1.78. The molecule has 0 amide bonds. The van der Waals surface area contributed by atoms with Crippen LogP contribution in [0.5, 0.6) is 0 Å². The molecular formula is C16H25N5. The molecular weight excluding hydrogens is 262 g/mol. The number of imidazole rings is 1. The van der Waals surface area contributed by atoms with E-state index in [2.05, 4.69) is 51.6 Å². The molecule has 0 fully saturated rings. The van der Waals surface area contributed by atoms with Crippen molar-refractivity contribution in [3.05, 3.63) is 35.2 Å². The van der Waals surface area contributed by atoms with Crippen molar-refractivity contribution in [1.82, 2.24) is 24.6 Å². The van der Waals surface area contributed by atoms with Gasteiger partial charge < -0.3 is 9.88 Å². The van der Waals surface area contributed by atoms with E-state index in [-0.39, 0.29) is 0 Å². The Morgan fingerprint density at radius 2 is 2.24 bits per heavy atom. The zero-order valence-corrected chi connectivity index (χ0v) is 13.3. The SMILES string of the molecule is CCn1nc(C)c(CNCC2CCCn3ccnc32)c1C. The predicted molar refractivity (Wildman–Crippen MR) is 83.3 cm³/mol.